The topological polar surface area (TPSA) is 86.8 Å². The second-order valence-electron chi connectivity index (χ2n) is 8.77. The third-order valence-corrected chi connectivity index (χ3v) is 8.30. The van der Waals surface area contributed by atoms with Crippen molar-refractivity contribution in [1.29, 1.82) is 0 Å². The van der Waals surface area contributed by atoms with E-state index in [0.717, 1.165) is 39.3 Å². The van der Waals surface area contributed by atoms with Gasteiger partial charge in [-0.2, -0.15) is 0 Å². The third kappa shape index (κ3) is 7.64. The van der Waals surface area contributed by atoms with Crippen molar-refractivity contribution in [1.82, 2.24) is 10.2 Å². The van der Waals surface area contributed by atoms with Gasteiger partial charge >= 0.3 is 0 Å². The monoisotopic (exact) mass is 603 g/mol. The number of sulfonamides is 1. The molecule has 1 N–H and O–H groups in total. The van der Waals surface area contributed by atoms with Crippen LogP contribution in [0.2, 0.25) is 0 Å². The van der Waals surface area contributed by atoms with Crippen molar-refractivity contribution in [2.24, 2.45) is 0 Å². The molecule has 38 heavy (non-hydrogen) atoms. The van der Waals surface area contributed by atoms with Gasteiger partial charge in [0.25, 0.3) is 10.0 Å². The van der Waals surface area contributed by atoms with E-state index in [9.17, 15) is 22.4 Å². The van der Waals surface area contributed by atoms with E-state index >= 15 is 0 Å². The summed E-state index contributed by atoms with van der Waals surface area (Å²) in [6.45, 7) is 3.62. The van der Waals surface area contributed by atoms with Gasteiger partial charge in [0.15, 0.2) is 0 Å². The Labute approximate surface area is 231 Å². The Balaban J connectivity index is 1.97. The fraction of sp³-hybridized carbons (Fsp3) is 0.286. The van der Waals surface area contributed by atoms with E-state index in [0.29, 0.717) is 6.54 Å². The molecule has 0 spiro atoms. The highest BCUT2D eigenvalue weighted by molar-refractivity contribution is 9.10. The first kappa shape index (κ1) is 29.3. The zero-order valence-corrected chi connectivity index (χ0v) is 23.7. The smallest absolute Gasteiger partial charge is 0.264 e. The van der Waals surface area contributed by atoms with Crippen molar-refractivity contribution in [3.05, 3.63) is 94.7 Å². The summed E-state index contributed by atoms with van der Waals surface area (Å²) < 4.78 is 42.7. The highest BCUT2D eigenvalue weighted by atomic mass is 79.9. The number of hydrogen-bond donors (Lipinski definition) is 1. The lowest BCUT2D eigenvalue weighted by molar-refractivity contribution is -0.139. The molecule has 0 aromatic heterocycles. The Morgan fingerprint density at radius 1 is 0.974 bits per heavy atom. The molecular weight excluding hydrogens is 573 g/mol. The van der Waals surface area contributed by atoms with Crippen LogP contribution in [0.1, 0.15) is 32.3 Å². The SMILES string of the molecule is CCCCNC(=O)[C@H](C)N(Cc1ccc(Br)cc1)C(=O)CN(c1ccc(F)cc1)S(=O)(=O)c1ccccc1. The first-order valence-electron chi connectivity index (χ1n) is 12.3. The van der Waals surface area contributed by atoms with Crippen molar-refractivity contribution >= 4 is 43.5 Å². The molecule has 0 aliphatic carbocycles. The molecule has 3 aromatic rings. The molecule has 0 unspecified atom stereocenters. The molecule has 0 aliphatic heterocycles. The fourth-order valence-electron chi connectivity index (χ4n) is 3.76. The van der Waals surface area contributed by atoms with E-state index in [2.05, 4.69) is 21.2 Å². The van der Waals surface area contributed by atoms with Crippen molar-refractivity contribution < 1.29 is 22.4 Å². The molecule has 3 aromatic carbocycles. The van der Waals surface area contributed by atoms with E-state index in [1.807, 2.05) is 31.2 Å². The van der Waals surface area contributed by atoms with Crippen LogP contribution >= 0.6 is 15.9 Å². The zero-order valence-electron chi connectivity index (χ0n) is 21.3. The Bertz CT molecular complexity index is 1320. The Kier molecular flexibility index (Phi) is 10.4. The number of carbonyl (C=O) groups excluding carboxylic acids is 2. The maximum atomic E-state index is 13.8. The Morgan fingerprint density at radius 2 is 1.61 bits per heavy atom. The quantitative estimate of drug-likeness (QED) is 0.291. The van der Waals surface area contributed by atoms with Gasteiger partial charge in [-0.15, -0.1) is 0 Å². The summed E-state index contributed by atoms with van der Waals surface area (Å²) in [6, 6.07) is 19.0. The predicted octanol–water partition coefficient (Wildman–Crippen LogP) is 5.12. The third-order valence-electron chi connectivity index (χ3n) is 5.99. The summed E-state index contributed by atoms with van der Waals surface area (Å²) in [7, 11) is -4.18. The Morgan fingerprint density at radius 3 is 2.21 bits per heavy atom. The lowest BCUT2D eigenvalue weighted by Crippen LogP contribution is -2.51. The predicted molar refractivity (Wildman–Crippen MR) is 149 cm³/mol. The van der Waals surface area contributed by atoms with Gasteiger partial charge in [0.1, 0.15) is 18.4 Å². The van der Waals surface area contributed by atoms with Gasteiger partial charge in [-0.25, -0.2) is 12.8 Å². The summed E-state index contributed by atoms with van der Waals surface area (Å²) in [5, 5.41) is 2.85. The standard InChI is InChI=1S/C28H31BrFN3O4S/c1-3-4-18-31-28(35)21(2)32(19-22-10-12-23(29)13-11-22)27(34)20-33(25-16-14-24(30)15-17-25)38(36,37)26-8-6-5-7-9-26/h5-17,21H,3-4,18-20H2,1-2H3,(H,31,35)/t21-/m0/s1. The number of anilines is 1. The van der Waals surface area contributed by atoms with Gasteiger partial charge in [0, 0.05) is 17.6 Å². The number of rotatable bonds is 12. The van der Waals surface area contributed by atoms with Crippen molar-refractivity contribution in [2.75, 3.05) is 17.4 Å². The molecule has 0 heterocycles. The van der Waals surface area contributed by atoms with Crippen LogP contribution in [0.5, 0.6) is 0 Å². The molecule has 0 saturated heterocycles. The minimum atomic E-state index is -4.18. The van der Waals surface area contributed by atoms with Crippen LogP contribution in [0.4, 0.5) is 10.1 Å². The number of amides is 2. The van der Waals surface area contributed by atoms with Crippen LogP contribution < -0.4 is 9.62 Å². The second-order valence-corrected chi connectivity index (χ2v) is 11.5. The zero-order chi connectivity index (χ0) is 27.7. The van der Waals surface area contributed by atoms with Gasteiger partial charge in [-0.05, 0) is 67.4 Å². The van der Waals surface area contributed by atoms with Crippen LogP contribution in [-0.4, -0.2) is 44.3 Å². The number of nitrogens with zero attached hydrogens (tertiary/aromatic N) is 2. The molecule has 2 amide bonds. The van der Waals surface area contributed by atoms with E-state index in [-0.39, 0.29) is 23.0 Å². The summed E-state index contributed by atoms with van der Waals surface area (Å²) in [4.78, 5) is 28.1. The van der Waals surface area contributed by atoms with Crippen molar-refractivity contribution in [3.63, 3.8) is 0 Å². The van der Waals surface area contributed by atoms with Crippen molar-refractivity contribution in [2.45, 2.75) is 44.2 Å². The lowest BCUT2D eigenvalue weighted by atomic mass is 10.1. The average molecular weight is 605 g/mol. The van der Waals surface area contributed by atoms with E-state index < -0.39 is 34.3 Å². The van der Waals surface area contributed by atoms with Gasteiger partial charge in [-0.1, -0.05) is 59.6 Å². The maximum absolute atomic E-state index is 13.8. The molecule has 10 heteroatoms. The highest BCUT2D eigenvalue weighted by Crippen LogP contribution is 2.25. The normalized spacial score (nSPS) is 12.0. The molecule has 0 radical (unpaired) electrons. The number of benzene rings is 3. The van der Waals surface area contributed by atoms with Gasteiger partial charge in [0.05, 0.1) is 10.6 Å². The molecule has 0 bridgehead atoms. The number of nitrogens with one attached hydrogen (secondary N) is 1. The average Bonchev–Trinajstić information content (AvgIpc) is 2.92. The van der Waals surface area contributed by atoms with Crippen LogP contribution in [0, 0.1) is 5.82 Å². The molecule has 3 rings (SSSR count). The molecule has 202 valence electrons. The minimum absolute atomic E-state index is 0.0121. The minimum Gasteiger partial charge on any atom is -0.354 e. The maximum Gasteiger partial charge on any atom is 0.264 e. The molecular formula is C28H31BrFN3O4S. The molecule has 0 saturated carbocycles. The summed E-state index contributed by atoms with van der Waals surface area (Å²) in [5.41, 5.74) is 0.904. The van der Waals surface area contributed by atoms with E-state index in [4.69, 9.17) is 0 Å². The number of carbonyl (C=O) groups is 2. The fourth-order valence-corrected chi connectivity index (χ4v) is 5.46. The molecule has 7 nitrogen and oxygen atoms in total. The molecule has 0 fully saturated rings. The summed E-state index contributed by atoms with van der Waals surface area (Å²) in [5.74, 6) is -1.44. The van der Waals surface area contributed by atoms with Crippen LogP contribution in [-0.2, 0) is 26.2 Å². The molecule has 0 aliphatic rings. The van der Waals surface area contributed by atoms with Crippen LogP contribution in [0.3, 0.4) is 0 Å². The van der Waals surface area contributed by atoms with Gasteiger partial charge < -0.3 is 10.2 Å². The first-order chi connectivity index (χ1) is 18.1. The van der Waals surface area contributed by atoms with E-state index in [1.165, 1.54) is 29.2 Å². The highest BCUT2D eigenvalue weighted by Gasteiger charge is 2.32. The second kappa shape index (κ2) is 13.5. The van der Waals surface area contributed by atoms with Crippen LogP contribution in [0.25, 0.3) is 0 Å². The first-order valence-corrected chi connectivity index (χ1v) is 14.5. The molecule has 1 atom stereocenters. The van der Waals surface area contributed by atoms with E-state index in [1.54, 1.807) is 25.1 Å². The summed E-state index contributed by atoms with van der Waals surface area (Å²) >= 11 is 3.39. The van der Waals surface area contributed by atoms with Crippen LogP contribution in [0.15, 0.2) is 88.2 Å². The summed E-state index contributed by atoms with van der Waals surface area (Å²) in [6.07, 6.45) is 1.70. The largest absolute Gasteiger partial charge is 0.354 e. The van der Waals surface area contributed by atoms with Crippen molar-refractivity contribution in [3.8, 4) is 0 Å². The lowest BCUT2D eigenvalue weighted by Gasteiger charge is -2.32. The van der Waals surface area contributed by atoms with Gasteiger partial charge in [0.2, 0.25) is 11.8 Å². The van der Waals surface area contributed by atoms with Gasteiger partial charge in [-0.3, -0.25) is 13.9 Å². The Hall–Kier alpha value is -3.24. The number of halogens is 2. The number of unbranched alkanes of at least 4 members (excludes halogenated alkanes) is 1. The number of hydrogen-bond acceptors (Lipinski definition) is 4.